The molecule has 0 spiro atoms. The molecule has 1 fully saturated rings. The van der Waals surface area contributed by atoms with Crippen LogP contribution in [0.2, 0.25) is 0 Å². The molecule has 1 saturated heterocycles. The van der Waals surface area contributed by atoms with Gasteiger partial charge in [0.2, 0.25) is 0 Å². The molecule has 2 N–H and O–H groups in total. The van der Waals surface area contributed by atoms with Gasteiger partial charge in [0.25, 0.3) is 5.91 Å². The van der Waals surface area contributed by atoms with Gasteiger partial charge in [0.15, 0.2) is 0 Å². The van der Waals surface area contributed by atoms with Crippen molar-refractivity contribution < 1.29 is 9.53 Å². The van der Waals surface area contributed by atoms with Crippen molar-refractivity contribution in [1.82, 2.24) is 10.6 Å². The van der Waals surface area contributed by atoms with Gasteiger partial charge in [-0.25, -0.2) is 0 Å². The number of carbonyl (C=O) groups is 1. The molecule has 1 heterocycles. The van der Waals surface area contributed by atoms with E-state index in [1.165, 1.54) is 12.8 Å². The molecule has 1 aromatic carbocycles. The van der Waals surface area contributed by atoms with Crippen LogP contribution in [0.4, 0.5) is 0 Å². The van der Waals surface area contributed by atoms with Crippen LogP contribution in [0, 0.1) is 0 Å². The van der Waals surface area contributed by atoms with E-state index in [2.05, 4.69) is 10.6 Å². The molecular weight excluding hydrogens is 228 g/mol. The minimum Gasteiger partial charge on any atom is -0.497 e. The monoisotopic (exact) mass is 248 g/mol. The molecule has 0 bridgehead atoms. The maximum Gasteiger partial charge on any atom is 0.251 e. The SMILES string of the molecule is COc1cccc(C(=O)NCCC2CCCN2)c1. The third-order valence-corrected chi connectivity index (χ3v) is 3.27. The Labute approximate surface area is 108 Å². The van der Waals surface area contributed by atoms with Crippen molar-refractivity contribution in [3.8, 4) is 5.75 Å². The highest BCUT2D eigenvalue weighted by Crippen LogP contribution is 2.12. The third-order valence-electron chi connectivity index (χ3n) is 3.27. The maximum atomic E-state index is 11.9. The number of nitrogens with one attached hydrogen (secondary N) is 2. The molecule has 4 nitrogen and oxygen atoms in total. The second kappa shape index (κ2) is 6.40. The summed E-state index contributed by atoms with van der Waals surface area (Å²) >= 11 is 0. The Hall–Kier alpha value is -1.55. The Morgan fingerprint density at radius 3 is 3.17 bits per heavy atom. The summed E-state index contributed by atoms with van der Waals surface area (Å²) in [6.45, 7) is 1.82. The summed E-state index contributed by atoms with van der Waals surface area (Å²) in [7, 11) is 1.60. The standard InChI is InChI=1S/C14H20N2O2/c1-18-13-6-2-4-11(10-13)14(17)16-9-7-12-5-3-8-15-12/h2,4,6,10,12,15H,3,5,7-9H2,1H3,(H,16,17). The van der Waals surface area contributed by atoms with E-state index in [1.54, 1.807) is 19.2 Å². The molecule has 0 aliphatic carbocycles. The first-order valence-corrected chi connectivity index (χ1v) is 6.45. The molecule has 1 aliphatic rings. The largest absolute Gasteiger partial charge is 0.497 e. The second-order valence-electron chi connectivity index (χ2n) is 4.57. The predicted octanol–water partition coefficient (Wildman–Crippen LogP) is 1.57. The lowest BCUT2D eigenvalue weighted by molar-refractivity contribution is 0.0952. The predicted molar refractivity (Wildman–Crippen MR) is 71.0 cm³/mol. The van der Waals surface area contributed by atoms with E-state index in [1.807, 2.05) is 12.1 Å². The summed E-state index contributed by atoms with van der Waals surface area (Å²) in [5.41, 5.74) is 0.647. The molecule has 1 unspecified atom stereocenters. The molecule has 1 atom stereocenters. The number of carbonyl (C=O) groups excluding carboxylic acids is 1. The lowest BCUT2D eigenvalue weighted by Crippen LogP contribution is -2.30. The summed E-state index contributed by atoms with van der Waals surface area (Å²) in [6, 6.07) is 7.77. The summed E-state index contributed by atoms with van der Waals surface area (Å²) < 4.78 is 5.10. The summed E-state index contributed by atoms with van der Waals surface area (Å²) in [4.78, 5) is 11.9. The lowest BCUT2D eigenvalue weighted by atomic mass is 10.1. The van der Waals surface area contributed by atoms with Gasteiger partial charge in [-0.05, 0) is 44.0 Å². The van der Waals surface area contributed by atoms with Crippen molar-refractivity contribution in [2.45, 2.75) is 25.3 Å². The van der Waals surface area contributed by atoms with Gasteiger partial charge in [0, 0.05) is 18.2 Å². The molecule has 2 rings (SSSR count). The summed E-state index contributed by atoms with van der Waals surface area (Å²) in [5, 5.41) is 6.36. The van der Waals surface area contributed by atoms with Crippen LogP contribution in [0.1, 0.15) is 29.6 Å². The fourth-order valence-corrected chi connectivity index (χ4v) is 2.23. The maximum absolute atomic E-state index is 11.9. The van der Waals surface area contributed by atoms with E-state index >= 15 is 0 Å². The number of amides is 1. The molecule has 4 heteroatoms. The smallest absolute Gasteiger partial charge is 0.251 e. The molecular formula is C14H20N2O2. The minimum atomic E-state index is -0.0353. The third kappa shape index (κ3) is 3.47. The van der Waals surface area contributed by atoms with Crippen molar-refractivity contribution >= 4 is 5.91 Å². The lowest BCUT2D eigenvalue weighted by Gasteiger charge is -2.11. The van der Waals surface area contributed by atoms with Crippen LogP contribution in [0.25, 0.3) is 0 Å². The minimum absolute atomic E-state index is 0.0353. The Bertz CT molecular complexity index is 401. The number of methoxy groups -OCH3 is 1. The highest BCUT2D eigenvalue weighted by atomic mass is 16.5. The van der Waals surface area contributed by atoms with Crippen molar-refractivity contribution in [2.75, 3.05) is 20.2 Å². The fraction of sp³-hybridized carbons (Fsp3) is 0.500. The highest BCUT2D eigenvalue weighted by Gasteiger charge is 2.14. The molecule has 1 aromatic rings. The average Bonchev–Trinajstić information content (AvgIpc) is 2.92. The molecule has 98 valence electrons. The number of benzene rings is 1. The normalized spacial score (nSPS) is 18.6. The number of hydrogen-bond donors (Lipinski definition) is 2. The zero-order valence-electron chi connectivity index (χ0n) is 10.7. The van der Waals surface area contributed by atoms with Gasteiger partial charge >= 0.3 is 0 Å². The van der Waals surface area contributed by atoms with Gasteiger partial charge in [-0.2, -0.15) is 0 Å². The topological polar surface area (TPSA) is 50.4 Å². The fourth-order valence-electron chi connectivity index (χ4n) is 2.23. The first kappa shape index (κ1) is 12.9. The number of ether oxygens (including phenoxy) is 1. The van der Waals surface area contributed by atoms with Crippen molar-refractivity contribution in [3.05, 3.63) is 29.8 Å². The summed E-state index contributed by atoms with van der Waals surface area (Å²) in [5.74, 6) is 0.673. The van der Waals surface area contributed by atoms with Crippen molar-refractivity contribution in [1.29, 1.82) is 0 Å². The van der Waals surface area contributed by atoms with Gasteiger partial charge in [0.1, 0.15) is 5.75 Å². The van der Waals surface area contributed by atoms with Gasteiger partial charge in [-0.15, -0.1) is 0 Å². The van der Waals surface area contributed by atoms with E-state index in [0.29, 0.717) is 23.9 Å². The first-order valence-electron chi connectivity index (χ1n) is 6.45. The molecule has 18 heavy (non-hydrogen) atoms. The quantitative estimate of drug-likeness (QED) is 0.831. The molecule has 0 aromatic heterocycles. The van der Waals surface area contributed by atoms with Crippen LogP contribution >= 0.6 is 0 Å². The Morgan fingerprint density at radius 2 is 2.44 bits per heavy atom. The zero-order valence-corrected chi connectivity index (χ0v) is 10.7. The van der Waals surface area contributed by atoms with Crippen molar-refractivity contribution in [3.63, 3.8) is 0 Å². The highest BCUT2D eigenvalue weighted by molar-refractivity contribution is 5.94. The van der Waals surface area contributed by atoms with E-state index in [4.69, 9.17) is 4.74 Å². The average molecular weight is 248 g/mol. The number of rotatable bonds is 5. The van der Waals surface area contributed by atoms with E-state index < -0.39 is 0 Å². The van der Waals surface area contributed by atoms with Crippen LogP contribution in [0.15, 0.2) is 24.3 Å². The van der Waals surface area contributed by atoms with Crippen LogP contribution in [0.5, 0.6) is 5.75 Å². The molecule has 0 saturated carbocycles. The van der Waals surface area contributed by atoms with Crippen LogP contribution in [0.3, 0.4) is 0 Å². The zero-order chi connectivity index (χ0) is 12.8. The Kier molecular flexibility index (Phi) is 4.59. The first-order chi connectivity index (χ1) is 8.79. The van der Waals surface area contributed by atoms with E-state index in [0.717, 1.165) is 13.0 Å². The van der Waals surface area contributed by atoms with Crippen LogP contribution in [-0.4, -0.2) is 32.1 Å². The van der Waals surface area contributed by atoms with Gasteiger partial charge in [-0.3, -0.25) is 4.79 Å². The van der Waals surface area contributed by atoms with E-state index in [9.17, 15) is 4.79 Å². The second-order valence-corrected chi connectivity index (χ2v) is 4.57. The summed E-state index contributed by atoms with van der Waals surface area (Å²) in [6.07, 6.45) is 3.46. The van der Waals surface area contributed by atoms with Gasteiger partial charge in [0.05, 0.1) is 7.11 Å². The van der Waals surface area contributed by atoms with Gasteiger partial charge in [-0.1, -0.05) is 6.07 Å². The van der Waals surface area contributed by atoms with Crippen molar-refractivity contribution in [2.24, 2.45) is 0 Å². The van der Waals surface area contributed by atoms with Gasteiger partial charge < -0.3 is 15.4 Å². The Balaban J connectivity index is 1.79. The molecule has 0 radical (unpaired) electrons. The number of hydrogen-bond acceptors (Lipinski definition) is 3. The molecule has 1 aliphatic heterocycles. The van der Waals surface area contributed by atoms with Crippen LogP contribution in [-0.2, 0) is 0 Å². The van der Waals surface area contributed by atoms with Crippen LogP contribution < -0.4 is 15.4 Å². The Morgan fingerprint density at radius 1 is 1.56 bits per heavy atom. The molecule has 1 amide bonds. The van der Waals surface area contributed by atoms with E-state index in [-0.39, 0.29) is 5.91 Å².